The number of benzene rings is 1. The predicted molar refractivity (Wildman–Crippen MR) is 92.1 cm³/mol. The molecule has 0 saturated heterocycles. The molecule has 0 aliphatic heterocycles. The molecule has 8 heteroatoms. The average molecular weight is 362 g/mol. The molecule has 2 amide bonds. The lowest BCUT2D eigenvalue weighted by atomic mass is 10.1. The van der Waals surface area contributed by atoms with Crippen molar-refractivity contribution in [1.29, 1.82) is 0 Å². The maximum absolute atomic E-state index is 12.5. The molecule has 2 rings (SSSR count). The van der Waals surface area contributed by atoms with Gasteiger partial charge < -0.3 is 20.1 Å². The topological polar surface area (TPSA) is 93.7 Å². The third-order valence-corrected chi connectivity index (χ3v) is 3.44. The van der Waals surface area contributed by atoms with E-state index in [-0.39, 0.29) is 18.9 Å². The maximum Gasteiger partial charge on any atom is 0.328 e. The second-order valence-electron chi connectivity index (χ2n) is 5.59. The molecule has 0 radical (unpaired) electrons. The molecule has 0 saturated carbocycles. The summed E-state index contributed by atoms with van der Waals surface area (Å²) in [6, 6.07) is 5.51. The Labute approximate surface area is 149 Å². The van der Waals surface area contributed by atoms with Crippen LogP contribution in [0.3, 0.4) is 0 Å². The summed E-state index contributed by atoms with van der Waals surface area (Å²) in [6.07, 6.45) is 2.53. The number of anilines is 1. The van der Waals surface area contributed by atoms with E-state index < -0.39 is 23.8 Å². The van der Waals surface area contributed by atoms with Crippen LogP contribution >= 0.6 is 0 Å². The number of carbonyl (C=O) groups excluding carboxylic acids is 3. The van der Waals surface area contributed by atoms with Gasteiger partial charge in [0.1, 0.15) is 24.2 Å². The molecule has 0 bridgehead atoms. The molecule has 0 fully saturated rings. The molecule has 138 valence electrons. The Morgan fingerprint density at radius 3 is 2.35 bits per heavy atom. The van der Waals surface area contributed by atoms with Crippen LogP contribution in [0.4, 0.5) is 10.1 Å². The number of allylic oxidation sites excluding steroid dienone is 2. The van der Waals surface area contributed by atoms with E-state index in [1.807, 2.05) is 0 Å². The highest BCUT2D eigenvalue weighted by atomic mass is 19.1. The Hall–Kier alpha value is -3.16. The van der Waals surface area contributed by atoms with E-state index >= 15 is 0 Å². The van der Waals surface area contributed by atoms with Crippen LogP contribution in [0.5, 0.6) is 5.75 Å². The van der Waals surface area contributed by atoms with Crippen LogP contribution < -0.4 is 15.4 Å². The van der Waals surface area contributed by atoms with Crippen LogP contribution in [0.25, 0.3) is 0 Å². The summed E-state index contributed by atoms with van der Waals surface area (Å²) in [5.41, 5.74) is 1.26. The fourth-order valence-electron chi connectivity index (χ4n) is 2.20. The molecule has 1 aliphatic rings. The number of rotatable bonds is 8. The van der Waals surface area contributed by atoms with E-state index in [0.29, 0.717) is 11.4 Å². The van der Waals surface area contributed by atoms with Gasteiger partial charge in [-0.25, -0.2) is 9.18 Å². The van der Waals surface area contributed by atoms with E-state index in [1.54, 1.807) is 24.3 Å². The highest BCUT2D eigenvalue weighted by Gasteiger charge is 2.23. The second-order valence-corrected chi connectivity index (χ2v) is 5.59. The summed E-state index contributed by atoms with van der Waals surface area (Å²) < 4.78 is 22.6. The molecule has 1 atom stereocenters. The van der Waals surface area contributed by atoms with Crippen molar-refractivity contribution < 1.29 is 28.2 Å². The van der Waals surface area contributed by atoms with Crippen molar-refractivity contribution in [2.75, 3.05) is 19.0 Å². The number of halogens is 1. The first-order chi connectivity index (χ1) is 12.4. The monoisotopic (exact) mass is 362 g/mol. The molecular weight excluding hydrogens is 343 g/mol. The van der Waals surface area contributed by atoms with Gasteiger partial charge in [-0.15, -0.1) is 0 Å². The number of esters is 1. The van der Waals surface area contributed by atoms with Gasteiger partial charge in [0.2, 0.25) is 11.8 Å². The van der Waals surface area contributed by atoms with Gasteiger partial charge in [0.15, 0.2) is 0 Å². The molecule has 7 nitrogen and oxygen atoms in total. The third-order valence-electron chi connectivity index (χ3n) is 3.44. The quantitative estimate of drug-likeness (QED) is 0.689. The van der Waals surface area contributed by atoms with Crippen molar-refractivity contribution in [3.63, 3.8) is 0 Å². The molecule has 1 aliphatic carbocycles. The van der Waals surface area contributed by atoms with Crippen molar-refractivity contribution in [1.82, 2.24) is 5.32 Å². The Balaban J connectivity index is 1.84. The molecule has 0 heterocycles. The van der Waals surface area contributed by atoms with Crippen LogP contribution in [0.2, 0.25) is 0 Å². The molecule has 1 aromatic carbocycles. The van der Waals surface area contributed by atoms with Gasteiger partial charge in [-0.3, -0.25) is 9.59 Å². The first kappa shape index (κ1) is 19.2. The van der Waals surface area contributed by atoms with Crippen molar-refractivity contribution >= 4 is 23.5 Å². The molecule has 0 spiro atoms. The normalized spacial score (nSPS) is 13.5. The fraction of sp³-hybridized carbons (Fsp3) is 0.278. The summed E-state index contributed by atoms with van der Waals surface area (Å²) >= 11 is 0. The first-order valence-corrected chi connectivity index (χ1v) is 7.83. The molecule has 0 aromatic heterocycles. The highest BCUT2D eigenvalue weighted by Crippen LogP contribution is 2.21. The van der Waals surface area contributed by atoms with Crippen molar-refractivity contribution in [3.05, 3.63) is 47.8 Å². The Bertz CT molecular complexity index is 755. The number of hydrogen-bond acceptors (Lipinski definition) is 5. The van der Waals surface area contributed by atoms with Crippen molar-refractivity contribution in [2.45, 2.75) is 19.4 Å². The molecule has 2 N–H and O–H groups in total. The van der Waals surface area contributed by atoms with Crippen LogP contribution in [-0.4, -0.2) is 37.5 Å². The lowest BCUT2D eigenvalue weighted by Gasteiger charge is -2.15. The van der Waals surface area contributed by atoms with Gasteiger partial charge in [0, 0.05) is 12.6 Å². The Morgan fingerprint density at radius 2 is 1.81 bits per heavy atom. The molecule has 26 heavy (non-hydrogen) atoms. The summed E-state index contributed by atoms with van der Waals surface area (Å²) in [5.74, 6) is -1.30. The zero-order valence-electron chi connectivity index (χ0n) is 14.4. The van der Waals surface area contributed by atoms with E-state index in [1.165, 1.54) is 26.2 Å². The Morgan fingerprint density at radius 1 is 1.15 bits per heavy atom. The van der Waals surface area contributed by atoms with Crippen LogP contribution in [0.15, 0.2) is 47.8 Å². The first-order valence-electron chi connectivity index (χ1n) is 7.83. The standard InChI is InChI=1S/C18H19FN2O5/c1-11(22)20-16(18(24)25-2)9-17(23)21-14-3-5-15(6-4-14)26-10-12-7-13(19)8-12/h3-8,16H,9-10H2,1-2H3,(H,20,22)(H,21,23). The molecule has 1 aromatic rings. The molecule has 1 unspecified atom stereocenters. The number of nitrogens with one attached hydrogen (secondary N) is 2. The number of amides is 2. The van der Waals surface area contributed by atoms with E-state index in [0.717, 1.165) is 5.57 Å². The Kier molecular flexibility index (Phi) is 6.48. The lowest BCUT2D eigenvalue weighted by Crippen LogP contribution is -2.42. The summed E-state index contributed by atoms with van der Waals surface area (Å²) in [5, 5.41) is 4.99. The average Bonchev–Trinajstić information content (AvgIpc) is 2.57. The zero-order chi connectivity index (χ0) is 19.1. The number of carbonyl (C=O) groups is 3. The SMILES string of the molecule is COC(=O)C(CC(=O)Nc1ccc(OCC2=CC(F)=C2)cc1)NC(C)=O. The third kappa shape index (κ3) is 5.73. The highest BCUT2D eigenvalue weighted by molar-refractivity contribution is 5.95. The van der Waals surface area contributed by atoms with Gasteiger partial charge in [-0.1, -0.05) is 0 Å². The zero-order valence-corrected chi connectivity index (χ0v) is 14.4. The minimum absolute atomic E-state index is 0.253. The van der Waals surface area contributed by atoms with Gasteiger partial charge in [-0.05, 0) is 42.0 Å². The van der Waals surface area contributed by atoms with Gasteiger partial charge in [-0.2, -0.15) is 0 Å². The van der Waals surface area contributed by atoms with E-state index in [9.17, 15) is 18.8 Å². The van der Waals surface area contributed by atoms with Gasteiger partial charge in [0.25, 0.3) is 0 Å². The smallest absolute Gasteiger partial charge is 0.328 e. The van der Waals surface area contributed by atoms with Crippen LogP contribution in [0.1, 0.15) is 13.3 Å². The van der Waals surface area contributed by atoms with Crippen molar-refractivity contribution in [2.24, 2.45) is 0 Å². The summed E-state index contributed by atoms with van der Waals surface area (Å²) in [7, 11) is 1.18. The van der Waals surface area contributed by atoms with Crippen LogP contribution in [0, 0.1) is 0 Å². The number of methoxy groups -OCH3 is 1. The van der Waals surface area contributed by atoms with Crippen LogP contribution in [-0.2, 0) is 19.1 Å². The maximum atomic E-state index is 12.5. The minimum Gasteiger partial charge on any atom is -0.489 e. The molecular formula is C18H19FN2O5. The lowest BCUT2D eigenvalue weighted by molar-refractivity contribution is -0.146. The fourth-order valence-corrected chi connectivity index (χ4v) is 2.20. The minimum atomic E-state index is -1.05. The summed E-state index contributed by atoms with van der Waals surface area (Å²) in [4.78, 5) is 34.8. The van der Waals surface area contributed by atoms with E-state index in [2.05, 4.69) is 15.4 Å². The second kappa shape index (κ2) is 8.80. The van der Waals surface area contributed by atoms with Gasteiger partial charge >= 0.3 is 5.97 Å². The van der Waals surface area contributed by atoms with Gasteiger partial charge in [0.05, 0.1) is 13.5 Å². The summed E-state index contributed by atoms with van der Waals surface area (Å²) in [6.45, 7) is 1.51. The number of ether oxygens (including phenoxy) is 2. The number of hydrogen-bond donors (Lipinski definition) is 2. The van der Waals surface area contributed by atoms with Crippen molar-refractivity contribution in [3.8, 4) is 5.75 Å². The largest absolute Gasteiger partial charge is 0.489 e. The predicted octanol–water partition coefficient (Wildman–Crippen LogP) is 1.87. The van der Waals surface area contributed by atoms with E-state index in [4.69, 9.17) is 4.74 Å².